The Morgan fingerprint density at radius 1 is 1.22 bits per heavy atom. The average molecular weight is 419 g/mol. The molecule has 2 aromatic heterocycles. The standard InChI is InChI=1S/C17H27ClN4O4S/c1-4-5-9-21-16(23)15-14(20(17(21)24)10-7-13(2)3)12-22(19-15)27(25)26-11-6-8-18/h12-13H,4-11H2,1-3H3. The second-order valence-electron chi connectivity index (χ2n) is 6.77. The molecule has 8 nitrogen and oxygen atoms in total. The van der Waals surface area contributed by atoms with Gasteiger partial charge in [-0.25, -0.2) is 9.00 Å². The van der Waals surface area contributed by atoms with Crippen molar-refractivity contribution in [1.29, 1.82) is 0 Å². The molecule has 0 amide bonds. The fourth-order valence-corrected chi connectivity index (χ4v) is 3.40. The van der Waals surface area contributed by atoms with Gasteiger partial charge in [0.15, 0.2) is 5.52 Å². The van der Waals surface area contributed by atoms with Gasteiger partial charge in [-0.2, -0.15) is 9.19 Å². The topological polar surface area (TPSA) is 88.1 Å². The first-order valence-corrected chi connectivity index (χ1v) is 10.8. The minimum atomic E-state index is -1.88. The molecule has 0 fully saturated rings. The molecule has 1 unspecified atom stereocenters. The van der Waals surface area contributed by atoms with Crippen LogP contribution in [0.2, 0.25) is 0 Å². The van der Waals surface area contributed by atoms with E-state index in [0.29, 0.717) is 36.8 Å². The smallest absolute Gasteiger partial charge is 0.290 e. The summed E-state index contributed by atoms with van der Waals surface area (Å²) in [6.07, 6.45) is 4.36. The van der Waals surface area contributed by atoms with E-state index in [-0.39, 0.29) is 17.8 Å². The van der Waals surface area contributed by atoms with Gasteiger partial charge in [0.05, 0.1) is 18.3 Å². The normalized spacial score (nSPS) is 12.9. The number of rotatable bonds is 11. The number of hydrogen-bond acceptors (Lipinski definition) is 5. The Hall–Kier alpha value is -1.45. The van der Waals surface area contributed by atoms with Crippen LogP contribution in [0.3, 0.4) is 0 Å². The molecule has 2 aromatic rings. The third kappa shape index (κ3) is 5.30. The van der Waals surface area contributed by atoms with Crippen LogP contribution in [0.5, 0.6) is 0 Å². The van der Waals surface area contributed by atoms with Gasteiger partial charge in [0.25, 0.3) is 16.8 Å². The Morgan fingerprint density at radius 2 is 1.96 bits per heavy atom. The molecule has 0 saturated heterocycles. The van der Waals surface area contributed by atoms with Gasteiger partial charge in [-0.15, -0.1) is 11.6 Å². The van der Waals surface area contributed by atoms with Gasteiger partial charge in [0, 0.05) is 19.0 Å². The number of fused-ring (bicyclic) bond motifs is 1. The summed E-state index contributed by atoms with van der Waals surface area (Å²) in [5.74, 6) is 0.792. The van der Waals surface area contributed by atoms with Crippen LogP contribution in [-0.2, 0) is 28.5 Å². The molecule has 2 rings (SSSR count). The fraction of sp³-hybridized carbons (Fsp3) is 0.706. The highest BCUT2D eigenvalue weighted by Crippen LogP contribution is 2.11. The van der Waals surface area contributed by atoms with Crippen LogP contribution < -0.4 is 11.2 Å². The minimum absolute atomic E-state index is 0.128. The molecule has 0 N–H and O–H groups in total. The predicted octanol–water partition coefficient (Wildman–Crippen LogP) is 2.28. The first-order valence-electron chi connectivity index (χ1n) is 9.25. The Bertz CT molecular complexity index is 903. The number of aryl methyl sites for hydroxylation is 1. The molecule has 0 aliphatic carbocycles. The van der Waals surface area contributed by atoms with E-state index in [9.17, 15) is 13.8 Å². The van der Waals surface area contributed by atoms with Crippen LogP contribution in [0.4, 0.5) is 0 Å². The molecule has 27 heavy (non-hydrogen) atoms. The summed E-state index contributed by atoms with van der Waals surface area (Å²) in [5, 5.41) is 4.15. The van der Waals surface area contributed by atoms with Crippen molar-refractivity contribution in [3.05, 3.63) is 27.0 Å². The molecule has 152 valence electrons. The van der Waals surface area contributed by atoms with Crippen molar-refractivity contribution in [1.82, 2.24) is 18.3 Å². The van der Waals surface area contributed by atoms with Crippen LogP contribution in [0.15, 0.2) is 15.8 Å². The lowest BCUT2D eigenvalue weighted by atomic mass is 10.1. The van der Waals surface area contributed by atoms with Crippen molar-refractivity contribution in [2.75, 3.05) is 12.5 Å². The predicted molar refractivity (Wildman–Crippen MR) is 107 cm³/mol. The second kappa shape index (κ2) is 10.2. The summed E-state index contributed by atoms with van der Waals surface area (Å²) < 4.78 is 21.3. The van der Waals surface area contributed by atoms with Gasteiger partial charge in [0.1, 0.15) is 0 Å². The van der Waals surface area contributed by atoms with E-state index in [1.54, 1.807) is 4.57 Å². The zero-order valence-corrected chi connectivity index (χ0v) is 17.6. The molecule has 0 aliphatic heterocycles. The molecule has 0 radical (unpaired) electrons. The lowest BCUT2D eigenvalue weighted by Crippen LogP contribution is -2.40. The monoisotopic (exact) mass is 418 g/mol. The maximum atomic E-state index is 12.9. The molecule has 10 heteroatoms. The largest absolute Gasteiger partial charge is 0.331 e. The van der Waals surface area contributed by atoms with Gasteiger partial charge < -0.3 is 0 Å². The Morgan fingerprint density at radius 3 is 2.59 bits per heavy atom. The quantitative estimate of drug-likeness (QED) is 0.412. The van der Waals surface area contributed by atoms with E-state index < -0.39 is 16.8 Å². The van der Waals surface area contributed by atoms with Crippen LogP contribution in [-0.4, -0.2) is 35.0 Å². The summed E-state index contributed by atoms with van der Waals surface area (Å²) in [4.78, 5) is 25.6. The van der Waals surface area contributed by atoms with Crippen LogP contribution >= 0.6 is 11.6 Å². The van der Waals surface area contributed by atoms with Gasteiger partial charge in [-0.05, 0) is 25.2 Å². The lowest BCUT2D eigenvalue weighted by Gasteiger charge is -2.12. The number of hydrogen-bond donors (Lipinski definition) is 0. The molecule has 0 saturated carbocycles. The number of alkyl halides is 1. The maximum Gasteiger partial charge on any atom is 0.331 e. The fourth-order valence-electron chi connectivity index (χ4n) is 2.59. The molecule has 0 bridgehead atoms. The average Bonchev–Trinajstić information content (AvgIpc) is 3.07. The number of aromatic nitrogens is 4. The van der Waals surface area contributed by atoms with E-state index >= 15 is 0 Å². The summed E-state index contributed by atoms with van der Waals surface area (Å²) >= 11 is 3.71. The van der Waals surface area contributed by atoms with Crippen LogP contribution in [0.25, 0.3) is 11.0 Å². The first kappa shape index (κ1) is 21.8. The number of halogens is 1. The van der Waals surface area contributed by atoms with Gasteiger partial charge in [0.2, 0.25) is 0 Å². The molecule has 0 aromatic carbocycles. The molecule has 0 aliphatic rings. The SMILES string of the molecule is CCCCn1c(=O)c2nn(S(=O)OCCCCl)cc2n(CCC(C)C)c1=O. The Kier molecular flexibility index (Phi) is 8.25. The van der Waals surface area contributed by atoms with Crippen molar-refractivity contribution < 1.29 is 8.39 Å². The third-order valence-corrected chi connectivity index (χ3v) is 5.28. The van der Waals surface area contributed by atoms with Gasteiger partial charge in [-0.1, -0.05) is 27.2 Å². The zero-order valence-electron chi connectivity index (χ0n) is 16.0. The van der Waals surface area contributed by atoms with Crippen LogP contribution in [0.1, 0.15) is 46.5 Å². The lowest BCUT2D eigenvalue weighted by molar-refractivity contribution is 0.342. The van der Waals surface area contributed by atoms with E-state index in [4.69, 9.17) is 15.8 Å². The van der Waals surface area contributed by atoms with E-state index in [2.05, 4.69) is 18.9 Å². The third-order valence-electron chi connectivity index (χ3n) is 4.15. The highest BCUT2D eigenvalue weighted by Gasteiger charge is 2.18. The minimum Gasteiger partial charge on any atom is -0.290 e. The maximum absolute atomic E-state index is 12.9. The van der Waals surface area contributed by atoms with E-state index in [1.165, 1.54) is 10.8 Å². The van der Waals surface area contributed by atoms with Crippen molar-refractivity contribution in [2.24, 2.45) is 5.92 Å². The van der Waals surface area contributed by atoms with Crippen molar-refractivity contribution in [2.45, 2.75) is 59.5 Å². The first-order chi connectivity index (χ1) is 12.9. The van der Waals surface area contributed by atoms with E-state index in [1.807, 2.05) is 6.92 Å². The molecule has 2 heterocycles. The number of nitrogens with zero attached hydrogens (tertiary/aromatic N) is 4. The summed E-state index contributed by atoms with van der Waals surface area (Å²) in [6, 6.07) is 0. The second-order valence-corrected chi connectivity index (χ2v) is 8.20. The molecule has 1 atom stereocenters. The highest BCUT2D eigenvalue weighted by molar-refractivity contribution is 7.78. The van der Waals surface area contributed by atoms with Gasteiger partial charge >= 0.3 is 5.69 Å². The van der Waals surface area contributed by atoms with Crippen LogP contribution in [0, 0.1) is 5.92 Å². The zero-order chi connectivity index (χ0) is 20.0. The number of unbranched alkanes of at least 4 members (excludes halogenated alkanes) is 1. The van der Waals surface area contributed by atoms with Crippen molar-refractivity contribution in [3.63, 3.8) is 0 Å². The summed E-state index contributed by atoms with van der Waals surface area (Å²) in [7, 11) is 0. The Balaban J connectivity index is 2.52. The summed E-state index contributed by atoms with van der Waals surface area (Å²) in [6.45, 7) is 7.15. The summed E-state index contributed by atoms with van der Waals surface area (Å²) in [5.41, 5.74) is -0.299. The Labute approximate surface area is 165 Å². The van der Waals surface area contributed by atoms with Crippen molar-refractivity contribution in [3.8, 4) is 0 Å². The van der Waals surface area contributed by atoms with Crippen molar-refractivity contribution >= 4 is 33.9 Å². The highest BCUT2D eigenvalue weighted by atomic mass is 35.5. The van der Waals surface area contributed by atoms with E-state index in [0.717, 1.165) is 23.3 Å². The molecular formula is C17H27ClN4O4S. The molecule has 0 spiro atoms. The van der Waals surface area contributed by atoms with Gasteiger partial charge in [-0.3, -0.25) is 18.1 Å². The molecular weight excluding hydrogens is 392 g/mol.